The summed E-state index contributed by atoms with van der Waals surface area (Å²) in [6.07, 6.45) is 8.33. The summed E-state index contributed by atoms with van der Waals surface area (Å²) >= 11 is 0. The van der Waals surface area contributed by atoms with E-state index in [0.717, 1.165) is 63.4 Å². The Morgan fingerprint density at radius 3 is 2.18 bits per heavy atom. The first-order chi connectivity index (χ1) is 16.5. The molecule has 1 saturated heterocycles. The molecule has 0 saturated carbocycles. The Kier molecular flexibility index (Phi) is 10.7. The standard InChI is InChI=1S/C28H37F3O3/c1-3-5-7-8-10-16-32-25-15-14-23(26(30)27(25)31)28-33-18-21(19-34-28)22-13-12-20(17-24(22)29)11-9-6-4-2/h12-15,17,21,28H,3-11,16,18-19H2,1-2H3. The fourth-order valence-electron chi connectivity index (χ4n) is 4.23. The maximum atomic E-state index is 14.7. The number of hydrogen-bond acceptors (Lipinski definition) is 3. The lowest BCUT2D eigenvalue weighted by atomic mass is 9.96. The molecule has 0 bridgehead atoms. The van der Waals surface area contributed by atoms with E-state index < -0.39 is 17.9 Å². The lowest BCUT2D eigenvalue weighted by Crippen LogP contribution is -2.27. The van der Waals surface area contributed by atoms with E-state index in [1.807, 2.05) is 6.07 Å². The molecule has 0 N–H and O–H groups in total. The molecule has 0 aliphatic carbocycles. The Balaban J connectivity index is 1.54. The molecule has 1 aliphatic heterocycles. The van der Waals surface area contributed by atoms with Crippen molar-refractivity contribution < 1.29 is 27.4 Å². The highest BCUT2D eigenvalue weighted by Crippen LogP contribution is 2.34. The van der Waals surface area contributed by atoms with Crippen LogP contribution in [0.15, 0.2) is 30.3 Å². The molecule has 0 amide bonds. The van der Waals surface area contributed by atoms with Crippen LogP contribution >= 0.6 is 0 Å². The average Bonchev–Trinajstić information content (AvgIpc) is 2.84. The smallest absolute Gasteiger partial charge is 0.201 e. The maximum absolute atomic E-state index is 14.7. The molecule has 3 nitrogen and oxygen atoms in total. The third-order valence-corrected chi connectivity index (χ3v) is 6.31. The molecule has 2 aromatic rings. The van der Waals surface area contributed by atoms with Crippen LogP contribution in [0, 0.1) is 17.5 Å². The van der Waals surface area contributed by atoms with Crippen LogP contribution in [0.1, 0.15) is 94.1 Å². The molecule has 188 valence electrons. The van der Waals surface area contributed by atoms with Crippen LogP contribution < -0.4 is 4.74 Å². The molecule has 0 unspecified atom stereocenters. The normalized spacial score (nSPS) is 18.3. The van der Waals surface area contributed by atoms with Gasteiger partial charge in [-0.1, -0.05) is 64.5 Å². The molecule has 2 aromatic carbocycles. The molecular formula is C28H37F3O3. The van der Waals surface area contributed by atoms with Gasteiger partial charge in [0.25, 0.3) is 0 Å². The summed E-state index contributed by atoms with van der Waals surface area (Å²) in [5.41, 5.74) is 1.48. The number of aryl methyl sites for hydroxylation is 1. The van der Waals surface area contributed by atoms with E-state index in [0.29, 0.717) is 12.2 Å². The second-order valence-corrected chi connectivity index (χ2v) is 9.05. The largest absolute Gasteiger partial charge is 0.490 e. The van der Waals surface area contributed by atoms with Gasteiger partial charge in [-0.3, -0.25) is 0 Å². The molecule has 0 atom stereocenters. The minimum Gasteiger partial charge on any atom is -0.490 e. The summed E-state index contributed by atoms with van der Waals surface area (Å²) in [6.45, 7) is 4.95. The molecule has 1 fully saturated rings. The second kappa shape index (κ2) is 13.7. The Morgan fingerprint density at radius 1 is 0.794 bits per heavy atom. The monoisotopic (exact) mass is 478 g/mol. The van der Waals surface area contributed by atoms with Gasteiger partial charge in [0.15, 0.2) is 17.9 Å². The third kappa shape index (κ3) is 7.22. The van der Waals surface area contributed by atoms with Gasteiger partial charge in [0.1, 0.15) is 5.82 Å². The summed E-state index contributed by atoms with van der Waals surface area (Å²) in [6, 6.07) is 8.15. The van der Waals surface area contributed by atoms with Gasteiger partial charge in [-0.05, 0) is 48.6 Å². The predicted molar refractivity (Wildman–Crippen MR) is 128 cm³/mol. The summed E-state index contributed by atoms with van der Waals surface area (Å²) < 4.78 is 60.7. The van der Waals surface area contributed by atoms with E-state index in [-0.39, 0.29) is 36.3 Å². The van der Waals surface area contributed by atoms with Gasteiger partial charge >= 0.3 is 0 Å². The molecule has 0 spiro atoms. The summed E-state index contributed by atoms with van der Waals surface area (Å²) in [5.74, 6) is -2.76. The van der Waals surface area contributed by atoms with Crippen molar-refractivity contribution in [3.8, 4) is 5.75 Å². The first-order valence-electron chi connectivity index (χ1n) is 12.7. The molecule has 1 heterocycles. The Morgan fingerprint density at radius 2 is 1.47 bits per heavy atom. The summed E-state index contributed by atoms with van der Waals surface area (Å²) in [5, 5.41) is 0. The van der Waals surface area contributed by atoms with E-state index in [9.17, 15) is 13.2 Å². The minimum atomic E-state index is -1.04. The zero-order valence-corrected chi connectivity index (χ0v) is 20.4. The predicted octanol–water partition coefficient (Wildman–Crippen LogP) is 8.02. The SMILES string of the molecule is CCCCCCCOc1ccc(C2OCC(c3ccc(CCCCC)cc3F)CO2)c(F)c1F. The lowest BCUT2D eigenvalue weighted by molar-refractivity contribution is -0.193. The number of benzene rings is 2. The van der Waals surface area contributed by atoms with Crippen LogP contribution in [0.25, 0.3) is 0 Å². The number of unbranched alkanes of at least 4 members (excludes halogenated alkanes) is 6. The highest BCUT2D eigenvalue weighted by atomic mass is 19.2. The van der Waals surface area contributed by atoms with Gasteiger partial charge in [-0.25, -0.2) is 8.78 Å². The first kappa shape index (κ1) is 26.6. The van der Waals surface area contributed by atoms with Crippen LogP contribution in [0.5, 0.6) is 5.75 Å². The van der Waals surface area contributed by atoms with Crippen molar-refractivity contribution in [2.75, 3.05) is 19.8 Å². The van der Waals surface area contributed by atoms with Crippen LogP contribution in [0.3, 0.4) is 0 Å². The van der Waals surface area contributed by atoms with Crippen molar-refractivity contribution in [3.63, 3.8) is 0 Å². The number of halogens is 3. The van der Waals surface area contributed by atoms with Crippen LogP contribution in [0.2, 0.25) is 0 Å². The fraction of sp³-hybridized carbons (Fsp3) is 0.571. The molecule has 3 rings (SSSR count). The van der Waals surface area contributed by atoms with Gasteiger partial charge in [0.05, 0.1) is 19.8 Å². The van der Waals surface area contributed by atoms with Crippen molar-refractivity contribution in [3.05, 3.63) is 64.5 Å². The molecule has 0 radical (unpaired) electrons. The highest BCUT2D eigenvalue weighted by molar-refractivity contribution is 5.32. The quantitative estimate of drug-likeness (QED) is 0.273. The Labute approximate surface area is 201 Å². The number of ether oxygens (including phenoxy) is 3. The van der Waals surface area contributed by atoms with E-state index in [2.05, 4.69) is 13.8 Å². The second-order valence-electron chi connectivity index (χ2n) is 9.05. The van der Waals surface area contributed by atoms with E-state index in [1.165, 1.54) is 12.1 Å². The fourth-order valence-corrected chi connectivity index (χ4v) is 4.23. The van der Waals surface area contributed by atoms with Crippen LogP contribution in [-0.2, 0) is 15.9 Å². The van der Waals surface area contributed by atoms with E-state index >= 15 is 0 Å². The van der Waals surface area contributed by atoms with E-state index in [4.69, 9.17) is 14.2 Å². The van der Waals surface area contributed by atoms with Gasteiger partial charge < -0.3 is 14.2 Å². The molecule has 1 aliphatic rings. The average molecular weight is 479 g/mol. The number of rotatable bonds is 13. The zero-order valence-electron chi connectivity index (χ0n) is 20.4. The third-order valence-electron chi connectivity index (χ3n) is 6.31. The van der Waals surface area contributed by atoms with Gasteiger partial charge in [0.2, 0.25) is 5.82 Å². The topological polar surface area (TPSA) is 27.7 Å². The van der Waals surface area contributed by atoms with E-state index in [1.54, 1.807) is 12.1 Å². The van der Waals surface area contributed by atoms with Gasteiger partial charge in [-0.2, -0.15) is 4.39 Å². The van der Waals surface area contributed by atoms with Crippen molar-refractivity contribution in [1.82, 2.24) is 0 Å². The molecule has 34 heavy (non-hydrogen) atoms. The first-order valence-corrected chi connectivity index (χ1v) is 12.7. The molecular weight excluding hydrogens is 441 g/mol. The maximum Gasteiger partial charge on any atom is 0.201 e. The molecule has 6 heteroatoms. The van der Waals surface area contributed by atoms with Crippen molar-refractivity contribution in [2.45, 2.75) is 83.8 Å². The molecule has 0 aromatic heterocycles. The Hall–Kier alpha value is -2.05. The number of hydrogen-bond donors (Lipinski definition) is 0. The van der Waals surface area contributed by atoms with Gasteiger partial charge in [0, 0.05) is 11.5 Å². The summed E-state index contributed by atoms with van der Waals surface area (Å²) in [7, 11) is 0. The highest BCUT2D eigenvalue weighted by Gasteiger charge is 2.30. The van der Waals surface area contributed by atoms with Crippen molar-refractivity contribution in [2.24, 2.45) is 0 Å². The van der Waals surface area contributed by atoms with Crippen molar-refractivity contribution >= 4 is 0 Å². The van der Waals surface area contributed by atoms with Gasteiger partial charge in [-0.15, -0.1) is 0 Å². The lowest BCUT2D eigenvalue weighted by Gasteiger charge is -2.30. The van der Waals surface area contributed by atoms with Crippen LogP contribution in [-0.4, -0.2) is 19.8 Å². The minimum absolute atomic E-state index is 0.0158. The zero-order chi connectivity index (χ0) is 24.3. The summed E-state index contributed by atoms with van der Waals surface area (Å²) in [4.78, 5) is 0. The Bertz CT molecular complexity index is 895. The van der Waals surface area contributed by atoms with Crippen LogP contribution in [0.4, 0.5) is 13.2 Å². The van der Waals surface area contributed by atoms with Crippen molar-refractivity contribution in [1.29, 1.82) is 0 Å².